The fraction of sp³-hybridized carbons (Fsp3) is 0.526. The molecule has 2 heteroatoms. The minimum atomic E-state index is 0.498. The second kappa shape index (κ2) is 5.76. The molecule has 0 amide bonds. The van der Waals surface area contributed by atoms with Crippen LogP contribution in [0.25, 0.3) is 10.9 Å². The number of aromatic nitrogens is 1. The zero-order chi connectivity index (χ0) is 14.9. The molecule has 0 bridgehead atoms. The second-order valence-corrected chi connectivity index (χ2v) is 7.35. The SMILES string of the molecule is CC1CC(C)(C)CC1NCCc1cccc2cccnc12. The molecule has 112 valence electrons. The maximum atomic E-state index is 4.54. The average molecular weight is 282 g/mol. The van der Waals surface area contributed by atoms with Gasteiger partial charge in [-0.1, -0.05) is 45.0 Å². The van der Waals surface area contributed by atoms with Crippen LogP contribution in [-0.2, 0) is 6.42 Å². The molecule has 0 aliphatic heterocycles. The maximum absolute atomic E-state index is 4.54. The lowest BCUT2D eigenvalue weighted by Crippen LogP contribution is -2.33. The van der Waals surface area contributed by atoms with Crippen LogP contribution < -0.4 is 5.32 Å². The van der Waals surface area contributed by atoms with Gasteiger partial charge in [0, 0.05) is 17.6 Å². The van der Waals surface area contributed by atoms with E-state index in [4.69, 9.17) is 0 Å². The van der Waals surface area contributed by atoms with Crippen molar-refractivity contribution in [3.05, 3.63) is 42.1 Å². The van der Waals surface area contributed by atoms with Crippen LogP contribution in [0.1, 0.15) is 39.2 Å². The topological polar surface area (TPSA) is 24.9 Å². The molecule has 2 unspecified atom stereocenters. The van der Waals surface area contributed by atoms with Crippen molar-refractivity contribution in [2.45, 2.75) is 46.1 Å². The molecule has 1 N–H and O–H groups in total. The Morgan fingerprint density at radius 3 is 2.76 bits per heavy atom. The van der Waals surface area contributed by atoms with E-state index < -0.39 is 0 Å². The predicted molar refractivity (Wildman–Crippen MR) is 89.4 cm³/mol. The monoisotopic (exact) mass is 282 g/mol. The van der Waals surface area contributed by atoms with E-state index in [-0.39, 0.29) is 0 Å². The van der Waals surface area contributed by atoms with Crippen LogP contribution in [0.2, 0.25) is 0 Å². The van der Waals surface area contributed by atoms with Crippen molar-refractivity contribution in [1.82, 2.24) is 10.3 Å². The van der Waals surface area contributed by atoms with Crippen molar-refractivity contribution in [1.29, 1.82) is 0 Å². The van der Waals surface area contributed by atoms with Gasteiger partial charge in [-0.15, -0.1) is 0 Å². The molecular formula is C19H26N2. The first-order chi connectivity index (χ1) is 10.1. The summed E-state index contributed by atoms with van der Waals surface area (Å²) >= 11 is 0. The molecule has 21 heavy (non-hydrogen) atoms. The summed E-state index contributed by atoms with van der Waals surface area (Å²) in [5, 5.41) is 5.01. The fourth-order valence-corrected chi connectivity index (χ4v) is 3.93. The van der Waals surface area contributed by atoms with Crippen LogP contribution in [0.5, 0.6) is 0 Å². The van der Waals surface area contributed by atoms with E-state index in [1.807, 2.05) is 12.3 Å². The number of rotatable bonds is 4. The van der Waals surface area contributed by atoms with Crippen molar-refractivity contribution in [2.75, 3.05) is 6.54 Å². The third kappa shape index (κ3) is 3.26. The number of hydrogen-bond donors (Lipinski definition) is 1. The van der Waals surface area contributed by atoms with E-state index in [1.54, 1.807) is 0 Å². The standard InChI is InChI=1S/C19H26N2/c1-14-12-19(2,3)13-17(14)20-11-9-16-7-4-6-15-8-5-10-21-18(15)16/h4-8,10,14,17,20H,9,11-13H2,1-3H3. The van der Waals surface area contributed by atoms with Gasteiger partial charge in [0.25, 0.3) is 0 Å². The first-order valence-corrected chi connectivity index (χ1v) is 8.11. The molecule has 1 aliphatic carbocycles. The van der Waals surface area contributed by atoms with E-state index in [1.165, 1.54) is 23.8 Å². The fourth-order valence-electron chi connectivity index (χ4n) is 3.93. The number of benzene rings is 1. The Hall–Kier alpha value is -1.41. The van der Waals surface area contributed by atoms with Crippen LogP contribution in [0, 0.1) is 11.3 Å². The summed E-state index contributed by atoms with van der Waals surface area (Å²) in [4.78, 5) is 4.54. The molecule has 1 fully saturated rings. The van der Waals surface area contributed by atoms with Gasteiger partial charge in [-0.3, -0.25) is 4.98 Å². The average Bonchev–Trinajstić information content (AvgIpc) is 2.72. The molecule has 0 spiro atoms. The Morgan fingerprint density at radius 2 is 2.00 bits per heavy atom. The summed E-state index contributed by atoms with van der Waals surface area (Å²) in [6.07, 6.45) is 5.57. The van der Waals surface area contributed by atoms with Gasteiger partial charge >= 0.3 is 0 Å². The highest BCUT2D eigenvalue weighted by Crippen LogP contribution is 2.40. The Balaban J connectivity index is 1.63. The zero-order valence-corrected chi connectivity index (χ0v) is 13.4. The van der Waals surface area contributed by atoms with E-state index in [9.17, 15) is 0 Å². The molecule has 2 aromatic rings. The van der Waals surface area contributed by atoms with Crippen molar-refractivity contribution in [3.63, 3.8) is 0 Å². The summed E-state index contributed by atoms with van der Waals surface area (Å²) in [7, 11) is 0. The highest BCUT2D eigenvalue weighted by Gasteiger charge is 2.35. The predicted octanol–water partition coefficient (Wildman–Crippen LogP) is 4.19. The third-order valence-electron chi connectivity index (χ3n) is 4.85. The molecule has 2 atom stereocenters. The smallest absolute Gasteiger partial charge is 0.0734 e. The normalized spacial score (nSPS) is 24.5. The zero-order valence-electron chi connectivity index (χ0n) is 13.4. The molecule has 1 aromatic heterocycles. The molecule has 1 aliphatic rings. The summed E-state index contributed by atoms with van der Waals surface area (Å²) < 4.78 is 0. The first kappa shape index (κ1) is 14.5. The number of para-hydroxylation sites is 1. The van der Waals surface area contributed by atoms with Crippen molar-refractivity contribution in [3.8, 4) is 0 Å². The Morgan fingerprint density at radius 1 is 1.19 bits per heavy atom. The van der Waals surface area contributed by atoms with E-state index in [0.717, 1.165) is 24.4 Å². The summed E-state index contributed by atoms with van der Waals surface area (Å²) in [5.41, 5.74) is 3.00. The molecule has 2 nitrogen and oxygen atoms in total. The number of pyridine rings is 1. The quantitative estimate of drug-likeness (QED) is 0.909. The third-order valence-corrected chi connectivity index (χ3v) is 4.85. The van der Waals surface area contributed by atoms with Gasteiger partial charge in [-0.05, 0) is 48.8 Å². The molecule has 3 rings (SSSR count). The minimum Gasteiger partial charge on any atom is -0.313 e. The Labute approximate surface area is 128 Å². The van der Waals surface area contributed by atoms with E-state index in [0.29, 0.717) is 11.5 Å². The van der Waals surface area contributed by atoms with Gasteiger partial charge in [-0.2, -0.15) is 0 Å². The number of nitrogens with one attached hydrogen (secondary N) is 1. The van der Waals surface area contributed by atoms with Gasteiger partial charge in [0.2, 0.25) is 0 Å². The molecule has 1 saturated carbocycles. The number of nitrogens with zero attached hydrogens (tertiary/aromatic N) is 1. The molecule has 1 aromatic carbocycles. The number of hydrogen-bond acceptors (Lipinski definition) is 2. The van der Waals surface area contributed by atoms with Crippen molar-refractivity contribution >= 4 is 10.9 Å². The van der Waals surface area contributed by atoms with Crippen molar-refractivity contribution in [2.24, 2.45) is 11.3 Å². The lowest BCUT2D eigenvalue weighted by Gasteiger charge is -2.18. The second-order valence-electron chi connectivity index (χ2n) is 7.35. The van der Waals surface area contributed by atoms with Gasteiger partial charge < -0.3 is 5.32 Å². The van der Waals surface area contributed by atoms with Gasteiger partial charge in [0.1, 0.15) is 0 Å². The van der Waals surface area contributed by atoms with Crippen LogP contribution >= 0.6 is 0 Å². The molecule has 0 radical (unpaired) electrons. The van der Waals surface area contributed by atoms with Crippen LogP contribution in [0.3, 0.4) is 0 Å². The summed E-state index contributed by atoms with van der Waals surface area (Å²) in [6, 6.07) is 11.3. The highest BCUT2D eigenvalue weighted by atomic mass is 14.9. The van der Waals surface area contributed by atoms with Crippen molar-refractivity contribution < 1.29 is 0 Å². The number of fused-ring (bicyclic) bond motifs is 1. The van der Waals surface area contributed by atoms with Crippen LogP contribution in [0.15, 0.2) is 36.5 Å². The molecule has 1 heterocycles. The Bertz CT molecular complexity index is 612. The van der Waals surface area contributed by atoms with Crippen LogP contribution in [-0.4, -0.2) is 17.6 Å². The molecule has 0 saturated heterocycles. The largest absolute Gasteiger partial charge is 0.313 e. The first-order valence-electron chi connectivity index (χ1n) is 8.11. The lowest BCUT2D eigenvalue weighted by atomic mass is 9.91. The highest BCUT2D eigenvalue weighted by molar-refractivity contribution is 5.81. The van der Waals surface area contributed by atoms with E-state index >= 15 is 0 Å². The maximum Gasteiger partial charge on any atom is 0.0734 e. The Kier molecular flexibility index (Phi) is 3.99. The summed E-state index contributed by atoms with van der Waals surface area (Å²) in [6.45, 7) is 8.20. The van der Waals surface area contributed by atoms with Crippen LogP contribution in [0.4, 0.5) is 0 Å². The molecular weight excluding hydrogens is 256 g/mol. The minimum absolute atomic E-state index is 0.498. The lowest BCUT2D eigenvalue weighted by molar-refractivity contribution is 0.362. The summed E-state index contributed by atoms with van der Waals surface area (Å²) in [5.74, 6) is 0.783. The van der Waals surface area contributed by atoms with E-state index in [2.05, 4.69) is 55.3 Å². The van der Waals surface area contributed by atoms with Gasteiger partial charge in [0.15, 0.2) is 0 Å². The van der Waals surface area contributed by atoms with Gasteiger partial charge in [-0.25, -0.2) is 0 Å². The van der Waals surface area contributed by atoms with Gasteiger partial charge in [0.05, 0.1) is 5.52 Å².